The van der Waals surface area contributed by atoms with Crippen molar-refractivity contribution >= 4 is 0 Å². The zero-order chi connectivity index (χ0) is 19.7. The molecule has 1 heterocycles. The van der Waals surface area contributed by atoms with Crippen molar-refractivity contribution < 1.29 is 9.84 Å². The van der Waals surface area contributed by atoms with Gasteiger partial charge in [-0.1, -0.05) is 39.3 Å². The van der Waals surface area contributed by atoms with Crippen LogP contribution in [0, 0.1) is 40.4 Å². The van der Waals surface area contributed by atoms with Gasteiger partial charge in [-0.2, -0.15) is 0 Å². The summed E-state index contributed by atoms with van der Waals surface area (Å²) in [4.78, 5) is 0. The zero-order valence-electron chi connectivity index (χ0n) is 18.6. The van der Waals surface area contributed by atoms with Crippen molar-refractivity contribution in [1.29, 1.82) is 0 Å². The second kappa shape index (κ2) is 6.84. The van der Waals surface area contributed by atoms with E-state index in [2.05, 4.69) is 33.8 Å². The zero-order valence-corrected chi connectivity index (χ0v) is 18.6. The molecule has 4 aliphatic carbocycles. The average Bonchev–Trinajstić information content (AvgIpc) is 3.17. The van der Waals surface area contributed by atoms with E-state index in [4.69, 9.17) is 4.74 Å². The van der Waals surface area contributed by atoms with Gasteiger partial charge in [0.2, 0.25) is 0 Å². The highest BCUT2D eigenvalue weighted by Gasteiger charge is 2.63. The molecule has 9 atom stereocenters. The standard InChI is InChI=1S/C26H42O2/c1-16(2)5-7-19-14-23-24(28-19)15-22-20-8-6-17-13-18(27)9-11-25(17,3)21(20)10-12-26(22,23)4/h6,16,18-24,27H,5,7-15H2,1-4H3/t18-,19?,20?,21?,22?,23+,24+,25?,26?/m0/s1. The van der Waals surface area contributed by atoms with Crippen LogP contribution in [-0.2, 0) is 4.74 Å². The normalized spacial score (nSPS) is 52.6. The van der Waals surface area contributed by atoms with Crippen LogP contribution in [-0.4, -0.2) is 23.4 Å². The second-order valence-corrected chi connectivity index (χ2v) is 12.0. The van der Waals surface area contributed by atoms with Gasteiger partial charge in [-0.05, 0) is 105 Å². The predicted octanol–water partition coefficient (Wildman–Crippen LogP) is 6.13. The van der Waals surface area contributed by atoms with Gasteiger partial charge in [-0.25, -0.2) is 0 Å². The summed E-state index contributed by atoms with van der Waals surface area (Å²) >= 11 is 0. The Morgan fingerprint density at radius 1 is 1.11 bits per heavy atom. The fourth-order valence-corrected chi connectivity index (χ4v) is 8.60. The molecule has 6 unspecified atom stereocenters. The molecule has 28 heavy (non-hydrogen) atoms. The first-order valence-electron chi connectivity index (χ1n) is 12.3. The number of hydrogen-bond donors (Lipinski definition) is 1. The van der Waals surface area contributed by atoms with Gasteiger partial charge in [0, 0.05) is 0 Å². The Bertz CT molecular complexity index is 638. The van der Waals surface area contributed by atoms with Crippen molar-refractivity contribution in [2.45, 2.75) is 110 Å². The molecule has 2 heteroatoms. The highest BCUT2D eigenvalue weighted by atomic mass is 16.5. The first-order chi connectivity index (χ1) is 13.3. The third-order valence-electron chi connectivity index (χ3n) is 10.2. The van der Waals surface area contributed by atoms with Crippen molar-refractivity contribution in [3.63, 3.8) is 0 Å². The van der Waals surface area contributed by atoms with E-state index in [0.29, 0.717) is 23.0 Å². The van der Waals surface area contributed by atoms with Crippen molar-refractivity contribution in [1.82, 2.24) is 0 Å². The number of aliphatic hydroxyl groups excluding tert-OH is 1. The Balaban J connectivity index is 1.34. The minimum absolute atomic E-state index is 0.0910. The minimum atomic E-state index is -0.0910. The van der Waals surface area contributed by atoms with E-state index in [9.17, 15) is 5.11 Å². The Hall–Kier alpha value is -0.340. The molecule has 1 N–H and O–H groups in total. The Labute approximate surface area is 172 Å². The summed E-state index contributed by atoms with van der Waals surface area (Å²) in [6.07, 6.45) is 16.0. The molecule has 3 saturated carbocycles. The number of ether oxygens (including phenoxy) is 1. The van der Waals surface area contributed by atoms with E-state index >= 15 is 0 Å². The smallest absolute Gasteiger partial charge is 0.0616 e. The highest BCUT2D eigenvalue weighted by Crippen LogP contribution is 2.68. The molecule has 5 rings (SSSR count). The molecular formula is C26H42O2. The molecule has 0 aromatic rings. The van der Waals surface area contributed by atoms with Gasteiger partial charge in [-0.15, -0.1) is 0 Å². The first kappa shape index (κ1) is 19.6. The molecule has 1 aliphatic heterocycles. The van der Waals surface area contributed by atoms with Gasteiger partial charge in [0.15, 0.2) is 0 Å². The maximum Gasteiger partial charge on any atom is 0.0616 e. The number of allylic oxidation sites excluding steroid dienone is 1. The number of rotatable bonds is 3. The van der Waals surface area contributed by atoms with Gasteiger partial charge < -0.3 is 9.84 Å². The summed E-state index contributed by atoms with van der Waals surface area (Å²) in [5.41, 5.74) is 2.47. The summed E-state index contributed by atoms with van der Waals surface area (Å²) in [7, 11) is 0. The molecule has 158 valence electrons. The molecular weight excluding hydrogens is 344 g/mol. The first-order valence-corrected chi connectivity index (χ1v) is 12.3. The van der Waals surface area contributed by atoms with Crippen molar-refractivity contribution in [2.75, 3.05) is 0 Å². The largest absolute Gasteiger partial charge is 0.393 e. The lowest BCUT2D eigenvalue weighted by Crippen LogP contribution is -2.50. The summed E-state index contributed by atoms with van der Waals surface area (Å²) in [5, 5.41) is 10.2. The lowest BCUT2D eigenvalue weighted by molar-refractivity contribution is -0.0515. The van der Waals surface area contributed by atoms with E-state index in [1.165, 1.54) is 51.4 Å². The summed E-state index contributed by atoms with van der Waals surface area (Å²) < 4.78 is 6.67. The van der Waals surface area contributed by atoms with Crippen LogP contribution in [0.5, 0.6) is 0 Å². The summed E-state index contributed by atoms with van der Waals surface area (Å²) in [5.74, 6) is 4.15. The Kier molecular flexibility index (Phi) is 4.79. The second-order valence-electron chi connectivity index (χ2n) is 12.0. The van der Waals surface area contributed by atoms with E-state index in [1.54, 1.807) is 5.57 Å². The van der Waals surface area contributed by atoms with Crippen LogP contribution in [0.1, 0.15) is 91.9 Å². The van der Waals surface area contributed by atoms with Gasteiger partial charge >= 0.3 is 0 Å². The molecule has 2 nitrogen and oxygen atoms in total. The Morgan fingerprint density at radius 2 is 1.93 bits per heavy atom. The molecule has 5 aliphatic rings. The number of hydrogen-bond acceptors (Lipinski definition) is 2. The fourth-order valence-electron chi connectivity index (χ4n) is 8.60. The van der Waals surface area contributed by atoms with E-state index in [-0.39, 0.29) is 6.10 Å². The summed E-state index contributed by atoms with van der Waals surface area (Å²) in [6.45, 7) is 9.85. The molecule has 4 fully saturated rings. The van der Waals surface area contributed by atoms with Gasteiger partial charge in [0.1, 0.15) is 0 Å². The molecule has 0 aromatic carbocycles. The fraction of sp³-hybridized carbons (Fsp3) is 0.923. The predicted molar refractivity (Wildman–Crippen MR) is 114 cm³/mol. The van der Waals surface area contributed by atoms with E-state index in [0.717, 1.165) is 42.4 Å². The third kappa shape index (κ3) is 2.88. The Morgan fingerprint density at radius 3 is 2.71 bits per heavy atom. The lowest BCUT2D eigenvalue weighted by Gasteiger charge is -2.58. The topological polar surface area (TPSA) is 29.5 Å². The summed E-state index contributed by atoms with van der Waals surface area (Å²) in [6, 6.07) is 0. The van der Waals surface area contributed by atoms with Crippen LogP contribution in [0.4, 0.5) is 0 Å². The van der Waals surface area contributed by atoms with Crippen molar-refractivity contribution in [2.24, 2.45) is 40.4 Å². The van der Waals surface area contributed by atoms with Crippen LogP contribution in [0.25, 0.3) is 0 Å². The maximum absolute atomic E-state index is 10.2. The SMILES string of the molecule is CC(C)CCC1C[C@@H]2[C@@H](CC3C4CC=C5C[C@@H](O)CCC5(C)C4CCC32C)O1. The molecule has 0 amide bonds. The van der Waals surface area contributed by atoms with Gasteiger partial charge in [0.25, 0.3) is 0 Å². The average molecular weight is 387 g/mol. The quantitative estimate of drug-likeness (QED) is 0.591. The van der Waals surface area contributed by atoms with Crippen LogP contribution in [0.3, 0.4) is 0 Å². The molecule has 0 spiro atoms. The van der Waals surface area contributed by atoms with Crippen molar-refractivity contribution in [3.05, 3.63) is 11.6 Å². The van der Waals surface area contributed by atoms with Crippen LogP contribution in [0.15, 0.2) is 11.6 Å². The maximum atomic E-state index is 10.2. The highest BCUT2D eigenvalue weighted by molar-refractivity contribution is 5.25. The van der Waals surface area contributed by atoms with E-state index < -0.39 is 0 Å². The third-order valence-corrected chi connectivity index (χ3v) is 10.2. The monoisotopic (exact) mass is 386 g/mol. The van der Waals surface area contributed by atoms with Crippen LogP contribution >= 0.6 is 0 Å². The van der Waals surface area contributed by atoms with Crippen LogP contribution in [0.2, 0.25) is 0 Å². The number of aliphatic hydroxyl groups is 1. The van der Waals surface area contributed by atoms with Gasteiger partial charge in [0.05, 0.1) is 18.3 Å². The van der Waals surface area contributed by atoms with E-state index in [1.807, 2.05) is 0 Å². The molecule has 0 bridgehead atoms. The van der Waals surface area contributed by atoms with Crippen molar-refractivity contribution in [3.8, 4) is 0 Å². The molecule has 0 aromatic heterocycles. The van der Waals surface area contributed by atoms with Crippen LogP contribution < -0.4 is 0 Å². The van der Waals surface area contributed by atoms with Gasteiger partial charge in [-0.3, -0.25) is 0 Å². The lowest BCUT2D eigenvalue weighted by atomic mass is 9.47. The molecule has 0 radical (unpaired) electrons. The number of fused-ring (bicyclic) bond motifs is 7. The molecule has 1 saturated heterocycles. The minimum Gasteiger partial charge on any atom is -0.393 e.